The molecule has 1 N–H and O–H groups in total. The standard InChI is InChI=1S/C29H40ClN3O5S/c1-5-26(29(35)31-23-12-6-7-13-23)32(20-22-11-8-14-24(19-22)38-3)28(34)17-10-18-33(39(4,36)37)27-16-9-15-25(30)21(27)2/h8-9,11,14-16,19,23,26H,5-7,10,12-13,17-18,20H2,1-4H3,(H,31,35). The van der Waals surface area contributed by atoms with E-state index in [2.05, 4.69) is 5.32 Å². The average molecular weight is 578 g/mol. The van der Waals surface area contributed by atoms with Crippen molar-refractivity contribution in [2.45, 2.75) is 77.4 Å². The molecule has 1 aliphatic carbocycles. The Balaban J connectivity index is 1.79. The SMILES string of the molecule is CCC(C(=O)NC1CCCC1)N(Cc1cccc(OC)c1)C(=O)CCCN(c1cccc(Cl)c1C)S(C)(=O)=O. The second-order valence-electron chi connectivity index (χ2n) is 10.1. The maximum Gasteiger partial charge on any atom is 0.243 e. The summed E-state index contributed by atoms with van der Waals surface area (Å²) in [6, 6.07) is 12.1. The molecular formula is C29H40ClN3O5S. The van der Waals surface area contributed by atoms with Gasteiger partial charge in [-0.05, 0) is 68.0 Å². The molecule has 0 aliphatic heterocycles. The maximum absolute atomic E-state index is 13.7. The average Bonchev–Trinajstić information content (AvgIpc) is 3.40. The van der Waals surface area contributed by atoms with Crippen molar-refractivity contribution in [3.05, 3.63) is 58.6 Å². The first-order valence-electron chi connectivity index (χ1n) is 13.5. The lowest BCUT2D eigenvalue weighted by Gasteiger charge is -2.32. The third kappa shape index (κ3) is 8.35. The largest absolute Gasteiger partial charge is 0.497 e. The smallest absolute Gasteiger partial charge is 0.243 e. The van der Waals surface area contributed by atoms with Crippen LogP contribution in [-0.2, 0) is 26.2 Å². The van der Waals surface area contributed by atoms with Crippen molar-refractivity contribution < 1.29 is 22.7 Å². The van der Waals surface area contributed by atoms with Gasteiger partial charge in [0.25, 0.3) is 0 Å². The lowest BCUT2D eigenvalue weighted by molar-refractivity contribution is -0.141. The second-order valence-corrected chi connectivity index (χ2v) is 12.4. The number of methoxy groups -OCH3 is 1. The van der Waals surface area contributed by atoms with Gasteiger partial charge < -0.3 is 15.0 Å². The molecule has 2 amide bonds. The Morgan fingerprint density at radius 2 is 1.85 bits per heavy atom. The molecule has 0 radical (unpaired) electrons. The third-order valence-electron chi connectivity index (χ3n) is 7.23. The molecule has 39 heavy (non-hydrogen) atoms. The van der Waals surface area contributed by atoms with Crippen molar-refractivity contribution >= 4 is 39.1 Å². The minimum atomic E-state index is -3.61. The summed E-state index contributed by atoms with van der Waals surface area (Å²) in [4.78, 5) is 28.6. The second kappa shape index (κ2) is 14.0. The fourth-order valence-electron chi connectivity index (χ4n) is 5.10. The van der Waals surface area contributed by atoms with E-state index < -0.39 is 16.1 Å². The quantitative estimate of drug-likeness (QED) is 0.358. The Morgan fingerprint density at radius 3 is 2.49 bits per heavy atom. The highest BCUT2D eigenvalue weighted by Crippen LogP contribution is 2.29. The Morgan fingerprint density at radius 1 is 1.15 bits per heavy atom. The number of carbonyl (C=O) groups is 2. The summed E-state index contributed by atoms with van der Waals surface area (Å²) in [6.45, 7) is 4.03. The summed E-state index contributed by atoms with van der Waals surface area (Å²) in [7, 11) is -2.02. The van der Waals surface area contributed by atoms with Crippen molar-refractivity contribution in [2.75, 3.05) is 24.2 Å². The summed E-state index contributed by atoms with van der Waals surface area (Å²) in [5, 5.41) is 3.62. The van der Waals surface area contributed by atoms with E-state index in [4.69, 9.17) is 16.3 Å². The molecular weight excluding hydrogens is 538 g/mol. The van der Waals surface area contributed by atoms with Crippen LogP contribution in [0.15, 0.2) is 42.5 Å². The zero-order chi connectivity index (χ0) is 28.6. The van der Waals surface area contributed by atoms with Crippen LogP contribution in [0.2, 0.25) is 5.02 Å². The molecule has 0 aromatic heterocycles. The zero-order valence-corrected chi connectivity index (χ0v) is 24.9. The molecule has 0 spiro atoms. The first-order valence-corrected chi connectivity index (χ1v) is 15.7. The molecule has 2 aromatic carbocycles. The predicted octanol–water partition coefficient (Wildman–Crippen LogP) is 5.07. The fraction of sp³-hybridized carbons (Fsp3) is 0.517. The summed E-state index contributed by atoms with van der Waals surface area (Å²) < 4.78 is 31.9. The molecule has 0 bridgehead atoms. The number of amides is 2. The molecule has 1 saturated carbocycles. The Bertz CT molecular complexity index is 1250. The maximum atomic E-state index is 13.7. The molecule has 1 atom stereocenters. The monoisotopic (exact) mass is 577 g/mol. The number of benzene rings is 2. The highest BCUT2D eigenvalue weighted by atomic mass is 35.5. The van der Waals surface area contributed by atoms with Crippen LogP contribution >= 0.6 is 11.6 Å². The van der Waals surface area contributed by atoms with Crippen LogP contribution in [-0.4, -0.2) is 57.1 Å². The lowest BCUT2D eigenvalue weighted by atomic mass is 10.1. The Kier molecular flexibility index (Phi) is 11.1. The number of carbonyl (C=O) groups excluding carboxylic acids is 2. The molecule has 1 aliphatic rings. The Hall–Kier alpha value is -2.78. The van der Waals surface area contributed by atoms with E-state index in [-0.39, 0.29) is 43.8 Å². The van der Waals surface area contributed by atoms with Crippen molar-refractivity contribution in [3.63, 3.8) is 0 Å². The third-order valence-corrected chi connectivity index (χ3v) is 8.82. The number of anilines is 1. The summed E-state index contributed by atoms with van der Waals surface area (Å²) in [5.41, 5.74) is 2.00. The normalized spacial score (nSPS) is 14.6. The van der Waals surface area contributed by atoms with Crippen molar-refractivity contribution in [3.8, 4) is 5.75 Å². The number of nitrogens with one attached hydrogen (secondary N) is 1. The molecule has 0 heterocycles. The van der Waals surface area contributed by atoms with Crippen molar-refractivity contribution in [2.24, 2.45) is 0 Å². The fourth-order valence-corrected chi connectivity index (χ4v) is 6.29. The minimum absolute atomic E-state index is 0.0861. The van der Waals surface area contributed by atoms with E-state index >= 15 is 0 Å². The van der Waals surface area contributed by atoms with Crippen LogP contribution in [0, 0.1) is 6.92 Å². The molecule has 0 saturated heterocycles. The van der Waals surface area contributed by atoms with E-state index in [1.807, 2.05) is 31.2 Å². The van der Waals surface area contributed by atoms with Gasteiger partial charge in [0.05, 0.1) is 19.1 Å². The zero-order valence-electron chi connectivity index (χ0n) is 23.3. The molecule has 1 unspecified atom stereocenters. The lowest BCUT2D eigenvalue weighted by Crippen LogP contribution is -2.51. The van der Waals surface area contributed by atoms with Crippen molar-refractivity contribution in [1.82, 2.24) is 10.2 Å². The van der Waals surface area contributed by atoms with Gasteiger partial charge in [0.2, 0.25) is 21.8 Å². The van der Waals surface area contributed by atoms with Gasteiger partial charge in [-0.15, -0.1) is 0 Å². The molecule has 8 nitrogen and oxygen atoms in total. The highest BCUT2D eigenvalue weighted by molar-refractivity contribution is 7.92. The number of halogens is 1. The molecule has 10 heteroatoms. The first-order chi connectivity index (χ1) is 18.5. The number of ether oxygens (including phenoxy) is 1. The van der Waals surface area contributed by atoms with Crippen LogP contribution in [0.4, 0.5) is 5.69 Å². The van der Waals surface area contributed by atoms with Gasteiger partial charge in [0.15, 0.2) is 0 Å². The number of sulfonamides is 1. The van der Waals surface area contributed by atoms with Crippen LogP contribution in [0.5, 0.6) is 5.75 Å². The van der Waals surface area contributed by atoms with Gasteiger partial charge in [-0.25, -0.2) is 8.42 Å². The van der Waals surface area contributed by atoms with E-state index in [1.165, 1.54) is 4.31 Å². The molecule has 2 aromatic rings. The summed E-state index contributed by atoms with van der Waals surface area (Å²) >= 11 is 6.24. The molecule has 214 valence electrons. The Labute approximate surface area is 237 Å². The summed E-state index contributed by atoms with van der Waals surface area (Å²) in [6.07, 6.45) is 6.08. The topological polar surface area (TPSA) is 96.0 Å². The van der Waals surface area contributed by atoms with Crippen LogP contribution in [0.3, 0.4) is 0 Å². The van der Waals surface area contributed by atoms with E-state index in [1.54, 1.807) is 37.1 Å². The summed E-state index contributed by atoms with van der Waals surface area (Å²) in [5.74, 6) is 0.319. The first kappa shape index (κ1) is 30.8. The van der Waals surface area contributed by atoms with E-state index in [0.29, 0.717) is 28.4 Å². The number of nitrogens with zero attached hydrogens (tertiary/aromatic N) is 2. The molecule has 3 rings (SSSR count). The van der Waals surface area contributed by atoms with Crippen LogP contribution < -0.4 is 14.4 Å². The van der Waals surface area contributed by atoms with Gasteiger partial charge in [-0.1, -0.05) is 49.6 Å². The van der Waals surface area contributed by atoms with Crippen LogP contribution in [0.25, 0.3) is 0 Å². The van der Waals surface area contributed by atoms with E-state index in [0.717, 1.165) is 37.5 Å². The van der Waals surface area contributed by atoms with Gasteiger partial charge in [-0.3, -0.25) is 13.9 Å². The van der Waals surface area contributed by atoms with Gasteiger partial charge in [0.1, 0.15) is 11.8 Å². The predicted molar refractivity (Wildman–Crippen MR) is 156 cm³/mol. The van der Waals surface area contributed by atoms with Crippen molar-refractivity contribution in [1.29, 1.82) is 0 Å². The number of hydrogen-bond donors (Lipinski definition) is 1. The highest BCUT2D eigenvalue weighted by Gasteiger charge is 2.31. The minimum Gasteiger partial charge on any atom is -0.497 e. The molecule has 1 fully saturated rings. The number of hydrogen-bond acceptors (Lipinski definition) is 5. The van der Waals surface area contributed by atoms with Gasteiger partial charge in [0, 0.05) is 30.6 Å². The number of rotatable bonds is 13. The van der Waals surface area contributed by atoms with Crippen LogP contribution in [0.1, 0.15) is 63.0 Å². The van der Waals surface area contributed by atoms with E-state index in [9.17, 15) is 18.0 Å². The van der Waals surface area contributed by atoms with Gasteiger partial charge >= 0.3 is 0 Å². The van der Waals surface area contributed by atoms with Gasteiger partial charge in [-0.2, -0.15) is 0 Å².